The first-order chi connectivity index (χ1) is 18.8. The number of carbonyl (C=O) groups excluding carboxylic acids is 1. The van der Waals surface area contributed by atoms with E-state index >= 15 is 0 Å². The van der Waals surface area contributed by atoms with E-state index in [9.17, 15) is 18.0 Å². The number of likely N-dealkylation sites (tertiary alicyclic amines) is 1. The fourth-order valence-electron chi connectivity index (χ4n) is 5.87. The molecule has 0 saturated carbocycles. The number of aryl methyl sites for hydroxylation is 1. The first-order valence-electron chi connectivity index (χ1n) is 14.0. The highest BCUT2D eigenvalue weighted by atomic mass is 32.2. The molecule has 0 radical (unpaired) electrons. The van der Waals surface area contributed by atoms with Crippen LogP contribution in [0.25, 0.3) is 10.9 Å². The van der Waals surface area contributed by atoms with Crippen LogP contribution >= 0.6 is 0 Å². The van der Waals surface area contributed by atoms with Crippen LogP contribution in [0.1, 0.15) is 54.6 Å². The summed E-state index contributed by atoms with van der Waals surface area (Å²) in [5, 5.41) is 3.15. The van der Waals surface area contributed by atoms with Crippen LogP contribution in [0, 0.1) is 5.92 Å². The minimum absolute atomic E-state index is 0.0393. The van der Waals surface area contributed by atoms with E-state index in [1.54, 1.807) is 18.3 Å². The van der Waals surface area contributed by atoms with Crippen LogP contribution < -0.4 is 10.7 Å². The van der Waals surface area contributed by atoms with Crippen molar-refractivity contribution in [1.29, 1.82) is 0 Å². The van der Waals surface area contributed by atoms with Crippen LogP contribution in [0.2, 0.25) is 0 Å². The number of sulfonamides is 1. The molecule has 0 bridgehead atoms. The summed E-state index contributed by atoms with van der Waals surface area (Å²) in [5.74, 6) is 0.287. The lowest BCUT2D eigenvalue weighted by molar-refractivity contribution is 0.0948. The maximum atomic E-state index is 13.6. The maximum Gasteiger partial charge on any atom is 0.256 e. The molecule has 39 heavy (non-hydrogen) atoms. The SMILES string of the molecule is CCn1cc(C(=O)NCCCN2CCC[C@H](C)C2)c(=O)c2cc(S(=O)(=O)N3CCc4ccccc4C3)ccc21. The Kier molecular flexibility index (Phi) is 8.21. The average Bonchev–Trinajstić information content (AvgIpc) is 2.95. The molecule has 1 aromatic heterocycles. The van der Waals surface area contributed by atoms with Gasteiger partial charge in [-0.3, -0.25) is 9.59 Å². The number of nitrogens with zero attached hydrogens (tertiary/aromatic N) is 3. The van der Waals surface area contributed by atoms with E-state index in [1.807, 2.05) is 35.8 Å². The Morgan fingerprint density at radius 2 is 1.90 bits per heavy atom. The standard InChI is InChI=1S/C30H38N4O4S/c1-3-33-21-27(30(36)31-14-7-16-32-15-6-8-22(2)19-32)29(35)26-18-25(11-12-28(26)33)39(37,38)34-17-13-23-9-4-5-10-24(23)20-34/h4-5,9-12,18,21-22H,3,6-8,13-17,19-20H2,1-2H3,(H,31,36)/t22-/m0/s1. The van der Waals surface area contributed by atoms with Crippen molar-refractivity contribution in [2.24, 2.45) is 5.92 Å². The van der Waals surface area contributed by atoms with Crippen LogP contribution in [0.3, 0.4) is 0 Å². The van der Waals surface area contributed by atoms with E-state index in [0.29, 0.717) is 44.0 Å². The number of carbonyl (C=O) groups is 1. The number of pyridine rings is 1. The van der Waals surface area contributed by atoms with Crippen molar-refractivity contribution in [3.63, 3.8) is 0 Å². The summed E-state index contributed by atoms with van der Waals surface area (Å²) in [7, 11) is -3.82. The summed E-state index contributed by atoms with van der Waals surface area (Å²) in [4.78, 5) is 29.1. The van der Waals surface area contributed by atoms with Crippen LogP contribution in [0.15, 0.2) is 58.4 Å². The molecule has 1 N–H and O–H groups in total. The molecular weight excluding hydrogens is 512 g/mol. The second kappa shape index (κ2) is 11.6. The Morgan fingerprint density at radius 3 is 2.67 bits per heavy atom. The van der Waals surface area contributed by atoms with Gasteiger partial charge in [-0.2, -0.15) is 4.31 Å². The van der Waals surface area contributed by atoms with Crippen LogP contribution in [0.5, 0.6) is 0 Å². The fourth-order valence-corrected chi connectivity index (χ4v) is 7.32. The molecule has 2 aromatic carbocycles. The van der Waals surface area contributed by atoms with Gasteiger partial charge in [0.15, 0.2) is 0 Å². The van der Waals surface area contributed by atoms with Crippen LogP contribution in [0.4, 0.5) is 0 Å². The minimum atomic E-state index is -3.82. The number of nitrogens with one attached hydrogen (secondary N) is 1. The van der Waals surface area contributed by atoms with E-state index in [4.69, 9.17) is 0 Å². The Labute approximate surface area is 230 Å². The molecule has 1 fully saturated rings. The number of aromatic nitrogens is 1. The largest absolute Gasteiger partial charge is 0.352 e. The van der Waals surface area contributed by atoms with Gasteiger partial charge in [0.25, 0.3) is 5.91 Å². The maximum absolute atomic E-state index is 13.6. The van der Waals surface area contributed by atoms with Crippen molar-refractivity contribution < 1.29 is 13.2 Å². The van der Waals surface area contributed by atoms with E-state index in [1.165, 1.54) is 23.2 Å². The van der Waals surface area contributed by atoms with Crippen molar-refractivity contribution in [2.75, 3.05) is 32.7 Å². The molecular formula is C30H38N4O4S. The summed E-state index contributed by atoms with van der Waals surface area (Å²) >= 11 is 0. The van der Waals surface area contributed by atoms with Gasteiger partial charge in [-0.1, -0.05) is 31.2 Å². The highest BCUT2D eigenvalue weighted by Gasteiger charge is 2.29. The number of rotatable bonds is 8. The summed E-state index contributed by atoms with van der Waals surface area (Å²) < 4.78 is 30.5. The second-order valence-electron chi connectivity index (χ2n) is 10.9. The molecule has 5 rings (SSSR count). The molecule has 8 nitrogen and oxygen atoms in total. The van der Waals surface area contributed by atoms with Crippen molar-refractivity contribution >= 4 is 26.8 Å². The van der Waals surface area contributed by atoms with Crippen molar-refractivity contribution in [1.82, 2.24) is 19.1 Å². The monoisotopic (exact) mass is 550 g/mol. The Balaban J connectivity index is 1.36. The number of fused-ring (bicyclic) bond motifs is 2. The molecule has 0 aliphatic carbocycles. The fraction of sp³-hybridized carbons (Fsp3) is 0.467. The van der Waals surface area contributed by atoms with E-state index in [-0.39, 0.29) is 15.8 Å². The topological polar surface area (TPSA) is 91.7 Å². The van der Waals surface area contributed by atoms with Gasteiger partial charge in [0, 0.05) is 44.3 Å². The third-order valence-electron chi connectivity index (χ3n) is 8.05. The number of piperidine rings is 1. The molecule has 1 atom stereocenters. The summed E-state index contributed by atoms with van der Waals surface area (Å²) in [6.07, 6.45) is 5.53. The molecule has 0 unspecified atom stereocenters. The molecule has 0 spiro atoms. The molecule has 1 amide bonds. The lowest BCUT2D eigenvalue weighted by Gasteiger charge is -2.30. The van der Waals surface area contributed by atoms with Gasteiger partial charge in [-0.25, -0.2) is 8.42 Å². The third-order valence-corrected chi connectivity index (χ3v) is 9.89. The molecule has 1 saturated heterocycles. The summed E-state index contributed by atoms with van der Waals surface area (Å²) in [6, 6.07) is 12.5. The van der Waals surface area contributed by atoms with Gasteiger partial charge in [0.2, 0.25) is 15.5 Å². The molecule has 3 heterocycles. The van der Waals surface area contributed by atoms with Gasteiger partial charge in [0.05, 0.1) is 10.4 Å². The van der Waals surface area contributed by atoms with Crippen molar-refractivity contribution in [3.8, 4) is 0 Å². The average molecular weight is 551 g/mol. The number of hydrogen-bond donors (Lipinski definition) is 1. The lowest BCUT2D eigenvalue weighted by atomic mass is 10.0. The predicted octanol–water partition coefficient (Wildman–Crippen LogP) is 3.62. The third kappa shape index (κ3) is 5.81. The highest BCUT2D eigenvalue weighted by molar-refractivity contribution is 7.89. The Hall–Kier alpha value is -3.01. The molecule has 9 heteroatoms. The zero-order valence-electron chi connectivity index (χ0n) is 22.9. The first kappa shape index (κ1) is 27.6. The molecule has 2 aliphatic heterocycles. The minimum Gasteiger partial charge on any atom is -0.352 e. The van der Waals surface area contributed by atoms with Gasteiger partial charge in [-0.05, 0) is 80.9 Å². The van der Waals surface area contributed by atoms with Crippen LogP contribution in [-0.4, -0.2) is 60.8 Å². The van der Waals surface area contributed by atoms with Gasteiger partial charge in [0.1, 0.15) is 5.56 Å². The quantitative estimate of drug-likeness (QED) is 0.433. The second-order valence-corrected chi connectivity index (χ2v) is 12.8. The Morgan fingerprint density at radius 1 is 1.10 bits per heavy atom. The van der Waals surface area contributed by atoms with Gasteiger partial charge >= 0.3 is 0 Å². The van der Waals surface area contributed by atoms with Gasteiger partial charge < -0.3 is 14.8 Å². The highest BCUT2D eigenvalue weighted by Crippen LogP contribution is 2.26. The summed E-state index contributed by atoms with van der Waals surface area (Å²) in [6.45, 7) is 9.02. The number of amides is 1. The molecule has 2 aliphatic rings. The number of hydrogen-bond acceptors (Lipinski definition) is 5. The molecule has 208 valence electrons. The molecule has 3 aromatic rings. The first-order valence-corrected chi connectivity index (χ1v) is 15.5. The predicted molar refractivity (Wildman–Crippen MR) is 153 cm³/mol. The van der Waals surface area contributed by atoms with Crippen LogP contribution in [-0.2, 0) is 29.5 Å². The normalized spacial score (nSPS) is 18.7. The summed E-state index contributed by atoms with van der Waals surface area (Å²) in [5.41, 5.74) is 2.36. The van der Waals surface area contributed by atoms with Crippen molar-refractivity contribution in [3.05, 3.63) is 75.6 Å². The van der Waals surface area contributed by atoms with E-state index < -0.39 is 21.4 Å². The van der Waals surface area contributed by atoms with Crippen molar-refractivity contribution in [2.45, 2.75) is 57.5 Å². The lowest BCUT2D eigenvalue weighted by Crippen LogP contribution is -2.37. The van der Waals surface area contributed by atoms with E-state index in [2.05, 4.69) is 17.1 Å². The zero-order chi connectivity index (χ0) is 27.6. The Bertz CT molecular complexity index is 1530. The van der Waals surface area contributed by atoms with E-state index in [0.717, 1.165) is 37.2 Å². The zero-order valence-corrected chi connectivity index (χ0v) is 23.7. The number of benzene rings is 2. The van der Waals surface area contributed by atoms with Gasteiger partial charge in [-0.15, -0.1) is 0 Å². The smallest absolute Gasteiger partial charge is 0.256 e.